The van der Waals surface area contributed by atoms with Gasteiger partial charge >= 0.3 is 0 Å². The predicted molar refractivity (Wildman–Crippen MR) is 89.6 cm³/mol. The van der Waals surface area contributed by atoms with Crippen molar-refractivity contribution in [2.45, 2.75) is 45.1 Å². The van der Waals surface area contributed by atoms with Crippen LogP contribution in [0.25, 0.3) is 0 Å². The van der Waals surface area contributed by atoms with E-state index in [1.54, 1.807) is 13.8 Å². The van der Waals surface area contributed by atoms with Crippen LogP contribution in [0.3, 0.4) is 0 Å². The highest BCUT2D eigenvalue weighted by molar-refractivity contribution is 5.85. The summed E-state index contributed by atoms with van der Waals surface area (Å²) in [6, 6.07) is 3.74. The van der Waals surface area contributed by atoms with Crippen molar-refractivity contribution < 1.29 is 13.6 Å². The highest BCUT2D eigenvalue weighted by Gasteiger charge is 2.24. The lowest BCUT2D eigenvalue weighted by Crippen LogP contribution is -2.41. The summed E-state index contributed by atoms with van der Waals surface area (Å²) in [7, 11) is 0. The Morgan fingerprint density at radius 1 is 1.26 bits per heavy atom. The van der Waals surface area contributed by atoms with Gasteiger partial charge in [-0.2, -0.15) is 0 Å². The van der Waals surface area contributed by atoms with Gasteiger partial charge in [0.2, 0.25) is 5.91 Å². The molecule has 1 saturated heterocycles. The highest BCUT2D eigenvalue weighted by Crippen LogP contribution is 2.23. The number of halogens is 3. The molecule has 0 radical (unpaired) electrons. The molecular weight excluding hydrogens is 322 g/mol. The van der Waals surface area contributed by atoms with Gasteiger partial charge in [0.15, 0.2) is 11.6 Å². The number of piperidine rings is 1. The van der Waals surface area contributed by atoms with Crippen LogP contribution < -0.4 is 10.6 Å². The maximum absolute atomic E-state index is 13.3. The van der Waals surface area contributed by atoms with Gasteiger partial charge in [0.05, 0.1) is 5.54 Å². The Hall–Kier alpha value is -1.20. The summed E-state index contributed by atoms with van der Waals surface area (Å²) in [5, 5.41) is 6.22. The molecule has 1 amide bonds. The third-order valence-corrected chi connectivity index (χ3v) is 4.33. The Labute approximate surface area is 142 Å². The Morgan fingerprint density at radius 2 is 1.91 bits per heavy atom. The molecule has 23 heavy (non-hydrogen) atoms. The molecule has 1 aromatic rings. The van der Waals surface area contributed by atoms with Crippen molar-refractivity contribution in [2.24, 2.45) is 5.92 Å². The first kappa shape index (κ1) is 19.8. The van der Waals surface area contributed by atoms with Gasteiger partial charge in [-0.25, -0.2) is 8.78 Å². The Morgan fingerprint density at radius 3 is 2.52 bits per heavy atom. The summed E-state index contributed by atoms with van der Waals surface area (Å²) in [5.41, 5.74) is -0.165. The van der Waals surface area contributed by atoms with Gasteiger partial charge < -0.3 is 10.6 Å². The van der Waals surface area contributed by atoms with Crippen LogP contribution in [-0.2, 0) is 10.3 Å². The van der Waals surface area contributed by atoms with E-state index in [1.807, 2.05) is 0 Å². The van der Waals surface area contributed by atoms with Crippen molar-refractivity contribution in [1.29, 1.82) is 0 Å². The van der Waals surface area contributed by atoms with Gasteiger partial charge in [0.25, 0.3) is 0 Å². The number of hydrogen-bond acceptors (Lipinski definition) is 2. The summed E-state index contributed by atoms with van der Waals surface area (Å²) in [6.45, 7) is 5.63. The van der Waals surface area contributed by atoms with Crippen LogP contribution in [0.2, 0.25) is 0 Å². The zero-order valence-electron chi connectivity index (χ0n) is 13.6. The molecule has 0 spiro atoms. The van der Waals surface area contributed by atoms with Crippen LogP contribution in [0.5, 0.6) is 0 Å². The Kier molecular flexibility index (Phi) is 7.42. The zero-order chi connectivity index (χ0) is 16.2. The second kappa shape index (κ2) is 8.60. The van der Waals surface area contributed by atoms with E-state index < -0.39 is 17.2 Å². The smallest absolute Gasteiger partial charge is 0.220 e. The van der Waals surface area contributed by atoms with E-state index in [-0.39, 0.29) is 18.3 Å². The molecule has 0 atom stereocenters. The highest BCUT2D eigenvalue weighted by atomic mass is 35.5. The normalized spacial score (nSPS) is 15.8. The van der Waals surface area contributed by atoms with Crippen LogP contribution in [0.15, 0.2) is 18.2 Å². The molecule has 2 N–H and O–H groups in total. The number of nitrogens with one attached hydrogen (secondary N) is 2. The maximum Gasteiger partial charge on any atom is 0.220 e. The minimum atomic E-state index is -0.894. The average molecular weight is 347 g/mol. The third-order valence-electron chi connectivity index (χ3n) is 4.33. The molecule has 1 heterocycles. The lowest BCUT2D eigenvalue weighted by atomic mass is 9.91. The van der Waals surface area contributed by atoms with E-state index >= 15 is 0 Å². The fourth-order valence-corrected chi connectivity index (χ4v) is 2.87. The van der Waals surface area contributed by atoms with E-state index in [0.717, 1.165) is 44.5 Å². The quantitative estimate of drug-likeness (QED) is 0.856. The van der Waals surface area contributed by atoms with E-state index in [0.29, 0.717) is 17.9 Å². The van der Waals surface area contributed by atoms with Gasteiger partial charge in [-0.3, -0.25) is 4.79 Å². The summed E-state index contributed by atoms with van der Waals surface area (Å²) in [5.74, 6) is -1.22. The molecule has 0 unspecified atom stereocenters. The predicted octanol–water partition coefficient (Wildman–Crippen LogP) is 3.52. The van der Waals surface area contributed by atoms with Crippen LogP contribution in [0.4, 0.5) is 8.78 Å². The second-order valence-corrected chi connectivity index (χ2v) is 6.53. The van der Waals surface area contributed by atoms with Gasteiger partial charge in [-0.15, -0.1) is 12.4 Å². The molecular formula is C17H25ClF2N2O. The Bertz CT molecular complexity index is 531. The fraction of sp³-hybridized carbons (Fsp3) is 0.588. The largest absolute Gasteiger partial charge is 0.347 e. The molecule has 130 valence electrons. The van der Waals surface area contributed by atoms with E-state index in [2.05, 4.69) is 10.6 Å². The Balaban J connectivity index is 0.00000264. The number of rotatable bonds is 5. The molecule has 3 nitrogen and oxygen atoms in total. The second-order valence-electron chi connectivity index (χ2n) is 6.53. The molecule has 1 aliphatic heterocycles. The first-order valence-electron chi connectivity index (χ1n) is 7.86. The lowest BCUT2D eigenvalue weighted by Gasteiger charge is -2.28. The number of carbonyl (C=O) groups excluding carboxylic acids is 1. The van der Waals surface area contributed by atoms with Crippen LogP contribution in [0.1, 0.15) is 45.1 Å². The van der Waals surface area contributed by atoms with Crippen molar-refractivity contribution >= 4 is 18.3 Å². The molecule has 0 aliphatic carbocycles. The summed E-state index contributed by atoms with van der Waals surface area (Å²) in [6.07, 6.45) is 3.57. The van der Waals surface area contributed by atoms with Crippen molar-refractivity contribution in [2.75, 3.05) is 13.1 Å². The maximum atomic E-state index is 13.3. The molecule has 0 bridgehead atoms. The topological polar surface area (TPSA) is 41.1 Å². The summed E-state index contributed by atoms with van der Waals surface area (Å²) in [4.78, 5) is 12.1. The lowest BCUT2D eigenvalue weighted by molar-refractivity contribution is -0.123. The third kappa shape index (κ3) is 5.74. The monoisotopic (exact) mass is 346 g/mol. The van der Waals surface area contributed by atoms with Gasteiger partial charge in [0.1, 0.15) is 0 Å². The zero-order valence-corrected chi connectivity index (χ0v) is 14.4. The van der Waals surface area contributed by atoms with E-state index in [1.165, 1.54) is 6.07 Å². The van der Waals surface area contributed by atoms with Crippen molar-refractivity contribution in [3.63, 3.8) is 0 Å². The standard InChI is InChI=1S/C17H24F2N2O.ClH/c1-17(2,13-4-5-14(18)15(19)11-13)21-16(22)6-3-12-7-9-20-10-8-12;/h4-5,11-12,20H,3,6-10H2,1-2H3,(H,21,22);1H. The molecule has 1 fully saturated rings. The minimum absolute atomic E-state index is 0. The molecule has 1 aromatic carbocycles. The molecule has 6 heteroatoms. The summed E-state index contributed by atoms with van der Waals surface area (Å²) < 4.78 is 26.4. The molecule has 1 aliphatic rings. The average Bonchev–Trinajstić information content (AvgIpc) is 2.48. The number of amides is 1. The fourth-order valence-electron chi connectivity index (χ4n) is 2.87. The number of hydrogen-bond donors (Lipinski definition) is 2. The van der Waals surface area contributed by atoms with Crippen LogP contribution in [0, 0.1) is 17.6 Å². The molecule has 2 rings (SSSR count). The number of carbonyl (C=O) groups is 1. The summed E-state index contributed by atoms with van der Waals surface area (Å²) >= 11 is 0. The van der Waals surface area contributed by atoms with Crippen LogP contribution in [-0.4, -0.2) is 19.0 Å². The molecule has 0 saturated carbocycles. The van der Waals surface area contributed by atoms with Crippen LogP contribution >= 0.6 is 12.4 Å². The minimum Gasteiger partial charge on any atom is -0.347 e. The van der Waals surface area contributed by atoms with Crippen molar-refractivity contribution in [3.05, 3.63) is 35.4 Å². The van der Waals surface area contributed by atoms with E-state index in [4.69, 9.17) is 0 Å². The van der Waals surface area contributed by atoms with Gasteiger partial charge in [0, 0.05) is 6.42 Å². The van der Waals surface area contributed by atoms with Crippen molar-refractivity contribution in [3.8, 4) is 0 Å². The van der Waals surface area contributed by atoms with Gasteiger partial charge in [-0.05, 0) is 69.8 Å². The molecule has 0 aromatic heterocycles. The van der Waals surface area contributed by atoms with Gasteiger partial charge in [-0.1, -0.05) is 6.07 Å². The van der Waals surface area contributed by atoms with Crippen molar-refractivity contribution in [1.82, 2.24) is 10.6 Å². The van der Waals surface area contributed by atoms with E-state index in [9.17, 15) is 13.6 Å². The SMILES string of the molecule is CC(C)(NC(=O)CCC1CCNCC1)c1ccc(F)c(F)c1.Cl. The first-order valence-corrected chi connectivity index (χ1v) is 7.86. The first-order chi connectivity index (χ1) is 10.4. The number of benzene rings is 1.